The van der Waals surface area contributed by atoms with Crippen LogP contribution in [0, 0.1) is 0 Å². The Balaban J connectivity index is 0.00000256. The molecule has 0 aliphatic carbocycles. The first kappa shape index (κ1) is 15.8. The number of carboxylic acids is 1. The first-order valence-electron chi connectivity index (χ1n) is 5.41. The van der Waals surface area contributed by atoms with Crippen molar-refractivity contribution in [3.05, 3.63) is 5.82 Å². The van der Waals surface area contributed by atoms with Crippen LogP contribution in [-0.2, 0) is 11.2 Å². The number of nitrogens with two attached hydrogens (primary N) is 1. The normalized spacial score (nSPS) is 11.8. The van der Waals surface area contributed by atoms with Gasteiger partial charge in [0.2, 0.25) is 0 Å². The molecule has 0 saturated carbocycles. The van der Waals surface area contributed by atoms with Crippen LogP contribution in [-0.4, -0.2) is 37.7 Å². The van der Waals surface area contributed by atoms with Gasteiger partial charge in [-0.05, 0) is 12.8 Å². The average molecular weight is 264 g/mol. The molecule has 4 N–H and O–H groups in total. The highest BCUT2D eigenvalue weighted by Gasteiger charge is 2.09. The smallest absolute Gasteiger partial charge is 0.320 e. The molecule has 0 amide bonds. The third-order valence-electron chi connectivity index (χ3n) is 2.37. The van der Waals surface area contributed by atoms with E-state index in [4.69, 9.17) is 10.8 Å². The number of aliphatic carboxylic acids is 1. The highest BCUT2D eigenvalue weighted by Crippen LogP contribution is 2.06. The van der Waals surface area contributed by atoms with Crippen LogP contribution in [0.5, 0.6) is 0 Å². The van der Waals surface area contributed by atoms with Crippen molar-refractivity contribution in [3.8, 4) is 0 Å². The second-order valence-electron chi connectivity index (χ2n) is 3.73. The predicted octanol–water partition coefficient (Wildman–Crippen LogP) is 0.526. The molecule has 98 valence electrons. The first-order valence-corrected chi connectivity index (χ1v) is 5.41. The number of tetrazole rings is 1. The van der Waals surface area contributed by atoms with Gasteiger partial charge >= 0.3 is 5.97 Å². The van der Waals surface area contributed by atoms with Crippen LogP contribution in [0.1, 0.15) is 37.9 Å². The highest BCUT2D eigenvalue weighted by atomic mass is 35.5. The van der Waals surface area contributed by atoms with Gasteiger partial charge in [0.15, 0.2) is 5.82 Å². The largest absolute Gasteiger partial charge is 0.480 e. The topological polar surface area (TPSA) is 118 Å². The van der Waals surface area contributed by atoms with E-state index in [0.29, 0.717) is 6.42 Å². The van der Waals surface area contributed by atoms with E-state index in [1.165, 1.54) is 0 Å². The van der Waals surface area contributed by atoms with Gasteiger partial charge in [-0.2, -0.15) is 5.21 Å². The molecule has 7 nitrogen and oxygen atoms in total. The summed E-state index contributed by atoms with van der Waals surface area (Å²) < 4.78 is 0. The number of aromatic amines is 1. The molecule has 0 radical (unpaired) electrons. The van der Waals surface area contributed by atoms with E-state index in [-0.39, 0.29) is 12.4 Å². The van der Waals surface area contributed by atoms with Crippen LogP contribution < -0.4 is 5.73 Å². The number of carboxylic acid groups (broad SMARTS) is 1. The van der Waals surface area contributed by atoms with Gasteiger partial charge in [0.1, 0.15) is 6.04 Å². The van der Waals surface area contributed by atoms with Crippen LogP contribution >= 0.6 is 12.4 Å². The molecule has 17 heavy (non-hydrogen) atoms. The molecule has 1 rings (SSSR count). The zero-order valence-corrected chi connectivity index (χ0v) is 10.3. The second-order valence-corrected chi connectivity index (χ2v) is 3.73. The lowest BCUT2D eigenvalue weighted by Gasteiger charge is -2.04. The van der Waals surface area contributed by atoms with E-state index >= 15 is 0 Å². The van der Waals surface area contributed by atoms with E-state index in [9.17, 15) is 4.79 Å². The number of H-pyrrole nitrogens is 1. The molecule has 0 fully saturated rings. The maximum Gasteiger partial charge on any atom is 0.320 e. The van der Waals surface area contributed by atoms with E-state index in [1.807, 2.05) is 0 Å². The predicted molar refractivity (Wildman–Crippen MR) is 63.8 cm³/mol. The number of hydrogen-bond acceptors (Lipinski definition) is 5. The van der Waals surface area contributed by atoms with Crippen molar-refractivity contribution in [3.63, 3.8) is 0 Å². The molecule has 1 heterocycles. The lowest BCUT2D eigenvalue weighted by Crippen LogP contribution is -2.29. The van der Waals surface area contributed by atoms with Gasteiger partial charge in [-0.25, -0.2) is 0 Å². The number of nitrogens with one attached hydrogen (secondary N) is 1. The van der Waals surface area contributed by atoms with Gasteiger partial charge in [-0.15, -0.1) is 22.6 Å². The quantitative estimate of drug-likeness (QED) is 0.589. The zero-order valence-electron chi connectivity index (χ0n) is 9.50. The minimum Gasteiger partial charge on any atom is -0.480 e. The van der Waals surface area contributed by atoms with E-state index in [0.717, 1.165) is 37.9 Å². The highest BCUT2D eigenvalue weighted by molar-refractivity contribution is 5.85. The molecule has 1 aromatic heterocycles. The number of nitrogens with zero attached hydrogens (tertiary/aromatic N) is 3. The summed E-state index contributed by atoms with van der Waals surface area (Å²) in [4.78, 5) is 10.4. The summed E-state index contributed by atoms with van der Waals surface area (Å²) in [5, 5.41) is 22.1. The van der Waals surface area contributed by atoms with Gasteiger partial charge < -0.3 is 10.8 Å². The summed E-state index contributed by atoms with van der Waals surface area (Å²) >= 11 is 0. The summed E-state index contributed by atoms with van der Waals surface area (Å²) in [6.45, 7) is 0. The molecule has 0 aromatic carbocycles. The molecule has 0 aliphatic rings. The van der Waals surface area contributed by atoms with Crippen molar-refractivity contribution in [1.29, 1.82) is 0 Å². The van der Waals surface area contributed by atoms with Crippen molar-refractivity contribution in [1.82, 2.24) is 20.6 Å². The number of hydrogen-bond donors (Lipinski definition) is 3. The summed E-state index contributed by atoms with van der Waals surface area (Å²) in [6.07, 6.45) is 5.19. The second kappa shape index (κ2) is 8.89. The number of rotatable bonds is 8. The molecule has 0 spiro atoms. The van der Waals surface area contributed by atoms with E-state index in [1.54, 1.807) is 0 Å². The third-order valence-corrected chi connectivity index (χ3v) is 2.37. The van der Waals surface area contributed by atoms with E-state index in [2.05, 4.69) is 20.6 Å². The van der Waals surface area contributed by atoms with Crippen molar-refractivity contribution < 1.29 is 9.90 Å². The average Bonchev–Trinajstić information content (AvgIpc) is 2.75. The van der Waals surface area contributed by atoms with Crippen LogP contribution in [0.15, 0.2) is 0 Å². The maximum atomic E-state index is 10.4. The Bertz CT molecular complexity index is 306. The number of halogens is 1. The van der Waals surface area contributed by atoms with Crippen molar-refractivity contribution in [2.75, 3.05) is 0 Å². The molecule has 1 unspecified atom stereocenters. The molecule has 1 atom stereocenters. The number of aromatic nitrogens is 4. The zero-order chi connectivity index (χ0) is 11.8. The van der Waals surface area contributed by atoms with Crippen LogP contribution in [0.25, 0.3) is 0 Å². The molecular weight excluding hydrogens is 246 g/mol. The fourth-order valence-electron chi connectivity index (χ4n) is 1.41. The maximum absolute atomic E-state index is 10.4. The van der Waals surface area contributed by atoms with Crippen LogP contribution in [0.2, 0.25) is 0 Å². The summed E-state index contributed by atoms with van der Waals surface area (Å²) in [6, 6.07) is -0.725. The minimum absolute atomic E-state index is 0. The Morgan fingerprint density at radius 2 is 2.06 bits per heavy atom. The van der Waals surface area contributed by atoms with Gasteiger partial charge in [0.25, 0.3) is 0 Å². The fraction of sp³-hybridized carbons (Fsp3) is 0.778. The lowest BCUT2D eigenvalue weighted by atomic mass is 10.1. The van der Waals surface area contributed by atoms with Gasteiger partial charge in [-0.1, -0.05) is 24.5 Å². The fourth-order valence-corrected chi connectivity index (χ4v) is 1.41. The Labute approximate surface area is 106 Å². The van der Waals surface area contributed by atoms with E-state index < -0.39 is 12.0 Å². The number of aryl methyl sites for hydroxylation is 1. The summed E-state index contributed by atoms with van der Waals surface area (Å²) in [5.41, 5.74) is 5.38. The van der Waals surface area contributed by atoms with Gasteiger partial charge in [0.05, 0.1) is 0 Å². The summed E-state index contributed by atoms with van der Waals surface area (Å²) in [5.74, 6) is -0.200. The molecule has 0 aliphatic heterocycles. The van der Waals surface area contributed by atoms with Crippen molar-refractivity contribution >= 4 is 18.4 Å². The Morgan fingerprint density at radius 3 is 2.65 bits per heavy atom. The Hall–Kier alpha value is -1.21. The van der Waals surface area contributed by atoms with Crippen molar-refractivity contribution in [2.45, 2.75) is 44.6 Å². The SMILES string of the molecule is Cl.NC(CCCCCCc1nn[nH]n1)C(=O)O. The van der Waals surface area contributed by atoms with Gasteiger partial charge in [-0.3, -0.25) is 4.79 Å². The molecule has 0 bridgehead atoms. The monoisotopic (exact) mass is 263 g/mol. The standard InChI is InChI=1S/C9H17N5O2.ClH/c10-7(9(15)16)5-3-1-2-4-6-8-11-13-14-12-8;/h7H,1-6,10H2,(H,15,16)(H,11,12,13,14);1H. The van der Waals surface area contributed by atoms with Gasteiger partial charge in [0, 0.05) is 6.42 Å². The third kappa shape index (κ3) is 6.85. The van der Waals surface area contributed by atoms with Crippen LogP contribution in [0.3, 0.4) is 0 Å². The Morgan fingerprint density at radius 1 is 1.35 bits per heavy atom. The van der Waals surface area contributed by atoms with Crippen molar-refractivity contribution in [2.24, 2.45) is 5.73 Å². The number of unbranched alkanes of at least 4 members (excludes halogenated alkanes) is 3. The molecule has 0 saturated heterocycles. The molecule has 8 heteroatoms. The van der Waals surface area contributed by atoms with Crippen LogP contribution in [0.4, 0.5) is 0 Å². The lowest BCUT2D eigenvalue weighted by molar-refractivity contribution is -0.138. The summed E-state index contributed by atoms with van der Waals surface area (Å²) in [7, 11) is 0. The minimum atomic E-state index is -0.924. The number of carbonyl (C=O) groups is 1. The first-order chi connectivity index (χ1) is 7.70. The Kier molecular flexibility index (Phi) is 8.25. The molecule has 1 aromatic rings. The molecular formula is C9H18ClN5O2.